The molecule has 16 heavy (non-hydrogen) atoms. The van der Waals surface area contributed by atoms with Crippen molar-refractivity contribution in [1.29, 1.82) is 0 Å². The molecule has 88 valence electrons. The quantitative estimate of drug-likeness (QED) is 0.762. The molecule has 1 N–H and O–H groups in total. The summed E-state index contributed by atoms with van der Waals surface area (Å²) in [4.78, 5) is 11.0. The van der Waals surface area contributed by atoms with Gasteiger partial charge in [-0.05, 0) is 12.5 Å². The van der Waals surface area contributed by atoms with Gasteiger partial charge in [0.1, 0.15) is 0 Å². The Hall–Kier alpha value is -1.39. The molecule has 1 rings (SSSR count). The average molecular weight is 224 g/mol. The second-order valence-electron chi connectivity index (χ2n) is 3.47. The molecule has 1 aromatic carbocycles. The molecular formula is C12H16O4. The summed E-state index contributed by atoms with van der Waals surface area (Å²) in [5.74, 6) is -0.680. The number of aliphatic hydroxyl groups is 1. The first kappa shape index (κ1) is 12.7. The van der Waals surface area contributed by atoms with Gasteiger partial charge < -0.3 is 14.6 Å². The van der Waals surface area contributed by atoms with E-state index in [-0.39, 0.29) is 0 Å². The summed E-state index contributed by atoms with van der Waals surface area (Å²) >= 11 is 0. The van der Waals surface area contributed by atoms with Gasteiger partial charge in [0.2, 0.25) is 0 Å². The zero-order valence-corrected chi connectivity index (χ0v) is 9.42. The van der Waals surface area contributed by atoms with E-state index in [1.165, 1.54) is 7.11 Å². The van der Waals surface area contributed by atoms with E-state index in [0.717, 1.165) is 5.56 Å². The Labute approximate surface area is 94.8 Å². The third-order valence-electron chi connectivity index (χ3n) is 2.24. The summed E-state index contributed by atoms with van der Waals surface area (Å²) in [6.45, 7) is 1.99. The van der Waals surface area contributed by atoms with Crippen LogP contribution in [0.5, 0.6) is 0 Å². The molecule has 0 aliphatic heterocycles. The van der Waals surface area contributed by atoms with E-state index >= 15 is 0 Å². The lowest BCUT2D eigenvalue weighted by molar-refractivity contribution is -0.159. The Bertz CT molecular complexity index is 323. The molecule has 0 bridgehead atoms. The third-order valence-corrected chi connectivity index (χ3v) is 2.24. The van der Waals surface area contributed by atoms with E-state index in [0.29, 0.717) is 6.61 Å². The van der Waals surface area contributed by atoms with Crippen molar-refractivity contribution in [3.05, 3.63) is 35.9 Å². The highest BCUT2D eigenvalue weighted by atomic mass is 16.5. The fourth-order valence-electron chi connectivity index (χ4n) is 1.21. The Morgan fingerprint density at radius 3 is 2.56 bits per heavy atom. The van der Waals surface area contributed by atoms with Gasteiger partial charge >= 0.3 is 5.97 Å². The second kappa shape index (κ2) is 6.25. The molecule has 4 heteroatoms. The van der Waals surface area contributed by atoms with E-state index in [1.54, 1.807) is 6.92 Å². The zero-order valence-electron chi connectivity index (χ0n) is 9.42. The number of methoxy groups -OCH3 is 1. The van der Waals surface area contributed by atoms with Crippen LogP contribution >= 0.6 is 0 Å². The number of carbonyl (C=O) groups is 1. The van der Waals surface area contributed by atoms with Crippen molar-refractivity contribution in [2.24, 2.45) is 0 Å². The minimum atomic E-state index is -1.24. The van der Waals surface area contributed by atoms with Crippen molar-refractivity contribution in [3.8, 4) is 0 Å². The molecule has 0 spiro atoms. The van der Waals surface area contributed by atoms with Crippen molar-refractivity contribution >= 4 is 5.97 Å². The first-order valence-electron chi connectivity index (χ1n) is 5.06. The first-order chi connectivity index (χ1) is 7.65. The Morgan fingerprint density at radius 2 is 2.00 bits per heavy atom. The van der Waals surface area contributed by atoms with Crippen molar-refractivity contribution in [2.75, 3.05) is 7.11 Å². The molecule has 4 nitrogen and oxygen atoms in total. The topological polar surface area (TPSA) is 55.8 Å². The lowest BCUT2D eigenvalue weighted by Gasteiger charge is -2.17. The number of rotatable bonds is 5. The van der Waals surface area contributed by atoms with Crippen molar-refractivity contribution in [1.82, 2.24) is 0 Å². The summed E-state index contributed by atoms with van der Waals surface area (Å²) < 4.78 is 9.78. The van der Waals surface area contributed by atoms with Gasteiger partial charge in [0.05, 0.1) is 19.8 Å². The lowest BCUT2D eigenvalue weighted by atomic mass is 10.2. The lowest BCUT2D eigenvalue weighted by Crippen LogP contribution is -2.34. The highest BCUT2D eigenvalue weighted by molar-refractivity contribution is 5.74. The third kappa shape index (κ3) is 3.64. The molecule has 0 saturated heterocycles. The zero-order chi connectivity index (χ0) is 12.0. The summed E-state index contributed by atoms with van der Waals surface area (Å²) in [6.07, 6.45) is -1.83. The van der Waals surface area contributed by atoms with Gasteiger partial charge in [0, 0.05) is 0 Å². The molecule has 0 aliphatic carbocycles. The van der Waals surface area contributed by atoms with Gasteiger partial charge in [0.15, 0.2) is 6.10 Å². The Morgan fingerprint density at radius 1 is 1.38 bits per heavy atom. The summed E-state index contributed by atoms with van der Waals surface area (Å²) in [5.41, 5.74) is 0.992. The minimum Gasteiger partial charge on any atom is -0.467 e. The van der Waals surface area contributed by atoms with Crippen molar-refractivity contribution in [2.45, 2.75) is 25.7 Å². The Balaban J connectivity index is 2.41. The maximum absolute atomic E-state index is 11.0. The molecule has 0 aliphatic rings. The van der Waals surface area contributed by atoms with E-state index in [1.807, 2.05) is 30.3 Å². The second-order valence-corrected chi connectivity index (χ2v) is 3.47. The summed E-state index contributed by atoms with van der Waals surface area (Å²) in [7, 11) is 1.23. The van der Waals surface area contributed by atoms with E-state index in [4.69, 9.17) is 4.74 Å². The molecule has 0 fully saturated rings. The van der Waals surface area contributed by atoms with Crippen LogP contribution in [0.25, 0.3) is 0 Å². The van der Waals surface area contributed by atoms with Crippen LogP contribution in [0.3, 0.4) is 0 Å². The maximum atomic E-state index is 11.0. The monoisotopic (exact) mass is 224 g/mol. The molecule has 0 saturated carbocycles. The van der Waals surface area contributed by atoms with Gasteiger partial charge in [-0.2, -0.15) is 0 Å². The van der Waals surface area contributed by atoms with Crippen LogP contribution in [0.1, 0.15) is 12.5 Å². The van der Waals surface area contributed by atoms with E-state index in [2.05, 4.69) is 4.74 Å². The van der Waals surface area contributed by atoms with Gasteiger partial charge in [0.25, 0.3) is 0 Å². The van der Waals surface area contributed by atoms with E-state index in [9.17, 15) is 9.90 Å². The maximum Gasteiger partial charge on any atom is 0.337 e. The van der Waals surface area contributed by atoms with Crippen LogP contribution in [0, 0.1) is 0 Å². The summed E-state index contributed by atoms with van der Waals surface area (Å²) in [5, 5.41) is 9.46. The number of aliphatic hydroxyl groups excluding tert-OH is 1. The fraction of sp³-hybridized carbons (Fsp3) is 0.417. The predicted octanol–water partition coefficient (Wildman–Crippen LogP) is 1.13. The predicted molar refractivity (Wildman–Crippen MR) is 58.7 cm³/mol. The molecule has 0 aromatic heterocycles. The van der Waals surface area contributed by atoms with Gasteiger partial charge in [-0.25, -0.2) is 4.79 Å². The average Bonchev–Trinajstić information content (AvgIpc) is 2.35. The molecule has 2 atom stereocenters. The standard InChI is InChI=1S/C12H16O4/c1-9(11(13)12(14)15-2)16-8-10-6-4-3-5-7-10/h3-7,9,11,13H,8H2,1-2H3/t9-,11+/m0/s1. The largest absolute Gasteiger partial charge is 0.467 e. The smallest absolute Gasteiger partial charge is 0.337 e. The van der Waals surface area contributed by atoms with Crippen LogP contribution in [0.4, 0.5) is 0 Å². The Kier molecular flexibility index (Phi) is 4.95. The first-order valence-corrected chi connectivity index (χ1v) is 5.06. The van der Waals surface area contributed by atoms with Crippen LogP contribution in [0.2, 0.25) is 0 Å². The number of ether oxygens (including phenoxy) is 2. The SMILES string of the molecule is COC(=O)[C@H](O)[C@H](C)OCc1ccccc1. The highest BCUT2D eigenvalue weighted by Gasteiger charge is 2.23. The molecule has 0 heterocycles. The molecule has 0 amide bonds. The summed E-state index contributed by atoms with van der Waals surface area (Å²) in [6, 6.07) is 9.55. The molecule has 0 radical (unpaired) electrons. The van der Waals surface area contributed by atoms with Gasteiger partial charge in [-0.15, -0.1) is 0 Å². The number of hydrogen-bond acceptors (Lipinski definition) is 4. The molecule has 1 aromatic rings. The minimum absolute atomic E-state index is 0.357. The fourth-order valence-corrected chi connectivity index (χ4v) is 1.21. The van der Waals surface area contributed by atoms with Crippen molar-refractivity contribution in [3.63, 3.8) is 0 Å². The number of hydrogen-bond donors (Lipinski definition) is 1. The van der Waals surface area contributed by atoms with Crippen LogP contribution in [0.15, 0.2) is 30.3 Å². The number of carbonyl (C=O) groups excluding carboxylic acids is 1. The highest BCUT2D eigenvalue weighted by Crippen LogP contribution is 2.06. The van der Waals surface area contributed by atoms with Crippen LogP contribution in [-0.2, 0) is 20.9 Å². The number of esters is 1. The molecular weight excluding hydrogens is 208 g/mol. The van der Waals surface area contributed by atoms with Crippen LogP contribution < -0.4 is 0 Å². The van der Waals surface area contributed by atoms with Crippen molar-refractivity contribution < 1.29 is 19.4 Å². The van der Waals surface area contributed by atoms with E-state index < -0.39 is 18.2 Å². The normalized spacial score (nSPS) is 14.2. The van der Waals surface area contributed by atoms with Crippen LogP contribution in [-0.4, -0.2) is 30.4 Å². The molecule has 0 unspecified atom stereocenters. The number of benzene rings is 1. The van der Waals surface area contributed by atoms with Gasteiger partial charge in [-0.3, -0.25) is 0 Å². The van der Waals surface area contributed by atoms with Gasteiger partial charge in [-0.1, -0.05) is 30.3 Å².